The van der Waals surface area contributed by atoms with Crippen molar-refractivity contribution >= 4 is 5.97 Å². The molecule has 17 heavy (non-hydrogen) atoms. The first-order chi connectivity index (χ1) is 7.82. The predicted octanol–water partition coefficient (Wildman–Crippen LogP) is 3.47. The van der Waals surface area contributed by atoms with Gasteiger partial charge >= 0.3 is 5.97 Å². The summed E-state index contributed by atoms with van der Waals surface area (Å²) in [7, 11) is 0. The maximum Gasteiger partial charge on any atom is 0.342 e. The number of hydrogen-bond donors (Lipinski definition) is 1. The van der Waals surface area contributed by atoms with Crippen LogP contribution >= 0.6 is 0 Å². The SMILES string of the molecule is C/C(C(=O)Oc1ccccc1)=C(/O)C(C)(C)C. The third-order valence-corrected chi connectivity index (χ3v) is 2.33. The van der Waals surface area contributed by atoms with E-state index in [0.717, 1.165) is 0 Å². The van der Waals surface area contributed by atoms with Crippen molar-refractivity contribution in [3.8, 4) is 5.75 Å². The molecule has 1 rings (SSSR count). The lowest BCUT2D eigenvalue weighted by molar-refractivity contribution is -0.130. The monoisotopic (exact) mass is 234 g/mol. The van der Waals surface area contributed by atoms with E-state index in [1.807, 2.05) is 26.8 Å². The third kappa shape index (κ3) is 3.63. The van der Waals surface area contributed by atoms with Gasteiger partial charge in [-0.1, -0.05) is 39.0 Å². The molecule has 0 spiro atoms. The molecule has 0 saturated heterocycles. The van der Waals surface area contributed by atoms with Gasteiger partial charge in [0.25, 0.3) is 0 Å². The molecule has 0 fully saturated rings. The molecule has 1 N–H and O–H groups in total. The second-order valence-corrected chi connectivity index (χ2v) is 4.93. The molecule has 3 nitrogen and oxygen atoms in total. The summed E-state index contributed by atoms with van der Waals surface area (Å²) in [6, 6.07) is 8.79. The van der Waals surface area contributed by atoms with Crippen LogP contribution in [0.4, 0.5) is 0 Å². The standard InChI is InChI=1S/C14H18O3/c1-10(12(15)14(2,3)4)13(16)17-11-8-6-5-7-9-11/h5-9,15H,1-4H3/b12-10-. The molecule has 92 valence electrons. The maximum atomic E-state index is 11.8. The Bertz CT molecular complexity index is 425. The van der Waals surface area contributed by atoms with Crippen LogP contribution in [0.3, 0.4) is 0 Å². The second-order valence-electron chi connectivity index (χ2n) is 4.93. The van der Waals surface area contributed by atoms with Crippen LogP contribution in [-0.2, 0) is 4.79 Å². The number of carbonyl (C=O) groups excluding carboxylic acids is 1. The van der Waals surface area contributed by atoms with E-state index in [9.17, 15) is 9.90 Å². The highest BCUT2D eigenvalue weighted by Gasteiger charge is 2.23. The van der Waals surface area contributed by atoms with Crippen molar-refractivity contribution in [3.63, 3.8) is 0 Å². The van der Waals surface area contributed by atoms with E-state index in [1.165, 1.54) is 0 Å². The Morgan fingerprint density at radius 1 is 1.18 bits per heavy atom. The highest BCUT2D eigenvalue weighted by molar-refractivity contribution is 5.90. The van der Waals surface area contributed by atoms with Gasteiger partial charge < -0.3 is 9.84 Å². The van der Waals surface area contributed by atoms with Crippen molar-refractivity contribution in [2.75, 3.05) is 0 Å². The lowest BCUT2D eigenvalue weighted by atomic mass is 9.91. The Hall–Kier alpha value is -1.77. The summed E-state index contributed by atoms with van der Waals surface area (Å²) in [6.07, 6.45) is 0. The molecular weight excluding hydrogens is 216 g/mol. The zero-order chi connectivity index (χ0) is 13.1. The zero-order valence-corrected chi connectivity index (χ0v) is 10.7. The van der Waals surface area contributed by atoms with E-state index in [2.05, 4.69) is 0 Å². The number of ether oxygens (including phenoxy) is 1. The summed E-state index contributed by atoms with van der Waals surface area (Å²) >= 11 is 0. The number of aliphatic hydroxyl groups is 1. The molecule has 1 aromatic rings. The van der Waals surface area contributed by atoms with E-state index in [0.29, 0.717) is 5.75 Å². The molecule has 1 aromatic carbocycles. The molecule has 0 aliphatic heterocycles. The summed E-state index contributed by atoms with van der Waals surface area (Å²) in [6.45, 7) is 7.07. The molecule has 3 heteroatoms. The van der Waals surface area contributed by atoms with Gasteiger partial charge in [-0.25, -0.2) is 4.79 Å². The van der Waals surface area contributed by atoms with E-state index >= 15 is 0 Å². The summed E-state index contributed by atoms with van der Waals surface area (Å²) in [4.78, 5) is 11.8. The Kier molecular flexibility index (Phi) is 3.94. The number of carbonyl (C=O) groups is 1. The van der Waals surface area contributed by atoms with E-state index in [4.69, 9.17) is 4.74 Å². The fourth-order valence-corrected chi connectivity index (χ4v) is 1.33. The topological polar surface area (TPSA) is 46.5 Å². The Morgan fingerprint density at radius 2 is 1.71 bits per heavy atom. The quantitative estimate of drug-likeness (QED) is 0.369. The maximum absolute atomic E-state index is 11.8. The lowest BCUT2D eigenvalue weighted by Gasteiger charge is -2.19. The Morgan fingerprint density at radius 3 is 2.18 bits per heavy atom. The number of aliphatic hydroxyl groups excluding tert-OH is 1. The summed E-state index contributed by atoms with van der Waals surface area (Å²) in [5.74, 6) is 0.000570. The van der Waals surface area contributed by atoms with Crippen molar-refractivity contribution in [3.05, 3.63) is 41.7 Å². The number of benzene rings is 1. The molecule has 0 heterocycles. The number of esters is 1. The van der Waals surface area contributed by atoms with Crippen molar-refractivity contribution in [1.82, 2.24) is 0 Å². The largest absolute Gasteiger partial charge is 0.511 e. The highest BCUT2D eigenvalue weighted by Crippen LogP contribution is 2.26. The summed E-state index contributed by atoms with van der Waals surface area (Å²) in [5.41, 5.74) is -0.221. The zero-order valence-electron chi connectivity index (χ0n) is 10.7. The molecule has 0 radical (unpaired) electrons. The molecular formula is C14H18O3. The van der Waals surface area contributed by atoms with E-state index < -0.39 is 11.4 Å². The van der Waals surface area contributed by atoms with Gasteiger partial charge in [-0.15, -0.1) is 0 Å². The minimum absolute atomic E-state index is 0.0541. The van der Waals surface area contributed by atoms with Gasteiger partial charge in [-0.05, 0) is 19.1 Å². The van der Waals surface area contributed by atoms with Crippen LogP contribution in [0, 0.1) is 5.41 Å². The third-order valence-electron chi connectivity index (χ3n) is 2.33. The van der Waals surface area contributed by atoms with Crippen molar-refractivity contribution < 1.29 is 14.6 Å². The van der Waals surface area contributed by atoms with Crippen LogP contribution in [0.1, 0.15) is 27.7 Å². The Labute approximate surface area is 102 Å². The highest BCUT2D eigenvalue weighted by atomic mass is 16.5. The van der Waals surface area contributed by atoms with Gasteiger partial charge in [-0.3, -0.25) is 0 Å². The van der Waals surface area contributed by atoms with Crippen LogP contribution in [0.2, 0.25) is 0 Å². The van der Waals surface area contributed by atoms with Crippen molar-refractivity contribution in [2.45, 2.75) is 27.7 Å². The summed E-state index contributed by atoms with van der Waals surface area (Å²) < 4.78 is 5.14. The fourth-order valence-electron chi connectivity index (χ4n) is 1.33. The second kappa shape index (κ2) is 5.04. The molecule has 0 aromatic heterocycles. The van der Waals surface area contributed by atoms with Crippen molar-refractivity contribution in [1.29, 1.82) is 0 Å². The number of hydrogen-bond acceptors (Lipinski definition) is 3. The minimum atomic E-state index is -0.524. The number of rotatable bonds is 2. The van der Waals surface area contributed by atoms with Crippen LogP contribution in [-0.4, -0.2) is 11.1 Å². The number of allylic oxidation sites excluding steroid dienone is 1. The first-order valence-electron chi connectivity index (χ1n) is 5.50. The van der Waals surface area contributed by atoms with Gasteiger partial charge in [0.05, 0.1) is 5.57 Å². The molecule has 0 aliphatic carbocycles. The van der Waals surface area contributed by atoms with Gasteiger partial charge in [0.1, 0.15) is 11.5 Å². The van der Waals surface area contributed by atoms with Crippen LogP contribution in [0.5, 0.6) is 5.75 Å². The van der Waals surface area contributed by atoms with Gasteiger partial charge in [0, 0.05) is 5.41 Å². The average Bonchev–Trinajstić information content (AvgIpc) is 2.27. The molecule has 0 aliphatic rings. The Balaban J connectivity index is 2.85. The van der Waals surface area contributed by atoms with E-state index in [1.54, 1.807) is 31.2 Å². The molecule has 0 atom stereocenters. The number of para-hydroxylation sites is 1. The molecule has 0 unspecified atom stereocenters. The van der Waals surface area contributed by atoms with Crippen molar-refractivity contribution in [2.24, 2.45) is 5.41 Å². The van der Waals surface area contributed by atoms with Gasteiger partial charge in [0.15, 0.2) is 0 Å². The molecule has 0 saturated carbocycles. The van der Waals surface area contributed by atoms with Gasteiger partial charge in [0.2, 0.25) is 0 Å². The van der Waals surface area contributed by atoms with Crippen LogP contribution < -0.4 is 4.74 Å². The predicted molar refractivity (Wildman–Crippen MR) is 66.9 cm³/mol. The summed E-state index contributed by atoms with van der Waals surface area (Å²) in [5, 5.41) is 9.88. The lowest BCUT2D eigenvalue weighted by Crippen LogP contribution is -2.18. The minimum Gasteiger partial charge on any atom is -0.511 e. The first-order valence-corrected chi connectivity index (χ1v) is 5.50. The fraction of sp³-hybridized carbons (Fsp3) is 0.357. The first kappa shape index (κ1) is 13.3. The van der Waals surface area contributed by atoms with Crippen LogP contribution in [0.15, 0.2) is 41.7 Å². The van der Waals surface area contributed by atoms with E-state index in [-0.39, 0.29) is 11.3 Å². The van der Waals surface area contributed by atoms with Crippen LogP contribution in [0.25, 0.3) is 0 Å². The average molecular weight is 234 g/mol. The normalized spacial score (nSPS) is 12.9. The molecule has 0 amide bonds. The smallest absolute Gasteiger partial charge is 0.342 e. The van der Waals surface area contributed by atoms with Gasteiger partial charge in [-0.2, -0.15) is 0 Å². The molecule has 0 bridgehead atoms.